The summed E-state index contributed by atoms with van der Waals surface area (Å²) >= 11 is 0. The highest BCUT2D eigenvalue weighted by Gasteiger charge is 2.26. The summed E-state index contributed by atoms with van der Waals surface area (Å²) in [5, 5.41) is 4.41. The number of carbonyl (C=O) groups is 1. The molecule has 0 heterocycles. The molecule has 4 nitrogen and oxygen atoms in total. The zero-order valence-corrected chi connectivity index (χ0v) is 8.65. The third kappa shape index (κ3) is 9.48. The minimum Gasteiger partial charge on any atom is -0.380 e. The number of carbonyl (C=O) groups excluding carboxylic acids is 1. The van der Waals surface area contributed by atoms with Gasteiger partial charge in [0.25, 0.3) is 0 Å². The predicted octanol–water partition coefficient (Wildman–Crippen LogP) is 0.289. The smallest absolute Gasteiger partial charge is 0.380 e. The van der Waals surface area contributed by atoms with Crippen molar-refractivity contribution >= 4 is 5.91 Å². The van der Waals surface area contributed by atoms with Crippen molar-refractivity contribution in [1.29, 1.82) is 0 Å². The molecule has 15 heavy (non-hydrogen) atoms. The van der Waals surface area contributed by atoms with E-state index in [1.54, 1.807) is 6.92 Å². The molecular formula is C8H15F3N2O2. The van der Waals surface area contributed by atoms with Gasteiger partial charge in [-0.15, -0.1) is 0 Å². The normalized spacial score (nSPS) is 13.7. The van der Waals surface area contributed by atoms with Crippen molar-refractivity contribution in [2.75, 3.05) is 26.7 Å². The Morgan fingerprint density at radius 3 is 2.53 bits per heavy atom. The van der Waals surface area contributed by atoms with Crippen molar-refractivity contribution in [2.24, 2.45) is 0 Å². The second-order valence-electron chi connectivity index (χ2n) is 3.07. The Labute approximate surface area is 86.2 Å². The first kappa shape index (κ1) is 14.2. The Bertz CT molecular complexity index is 197. The van der Waals surface area contributed by atoms with E-state index in [9.17, 15) is 18.0 Å². The summed E-state index contributed by atoms with van der Waals surface area (Å²) in [6.07, 6.45) is -4.45. The second kappa shape index (κ2) is 6.62. The van der Waals surface area contributed by atoms with Gasteiger partial charge in [0.15, 0.2) is 0 Å². The van der Waals surface area contributed by atoms with Crippen LogP contribution in [0.25, 0.3) is 0 Å². The predicted molar refractivity (Wildman–Crippen MR) is 48.4 cm³/mol. The second-order valence-corrected chi connectivity index (χ2v) is 3.07. The minimum absolute atomic E-state index is 0.156. The first-order valence-corrected chi connectivity index (χ1v) is 4.42. The average molecular weight is 228 g/mol. The third-order valence-corrected chi connectivity index (χ3v) is 1.60. The summed E-state index contributed by atoms with van der Waals surface area (Å²) in [7, 11) is 1.48. The van der Waals surface area contributed by atoms with Gasteiger partial charge in [-0.25, -0.2) is 0 Å². The Morgan fingerprint density at radius 1 is 1.47 bits per heavy atom. The van der Waals surface area contributed by atoms with Gasteiger partial charge in [0.05, 0.1) is 19.2 Å². The van der Waals surface area contributed by atoms with E-state index in [0.29, 0.717) is 0 Å². The summed E-state index contributed by atoms with van der Waals surface area (Å²) in [6, 6.07) is 0. The number of halogens is 3. The first-order chi connectivity index (χ1) is 6.85. The van der Waals surface area contributed by atoms with E-state index < -0.39 is 18.6 Å². The van der Waals surface area contributed by atoms with Crippen LogP contribution in [-0.4, -0.2) is 44.9 Å². The van der Waals surface area contributed by atoms with E-state index >= 15 is 0 Å². The van der Waals surface area contributed by atoms with Crippen LogP contribution in [-0.2, 0) is 9.53 Å². The highest BCUT2D eigenvalue weighted by atomic mass is 19.4. The van der Waals surface area contributed by atoms with Gasteiger partial charge in [-0.2, -0.15) is 13.2 Å². The molecule has 0 radical (unpaired) electrons. The van der Waals surface area contributed by atoms with Crippen LogP contribution in [0.3, 0.4) is 0 Å². The van der Waals surface area contributed by atoms with Crippen LogP contribution in [0, 0.1) is 0 Å². The number of nitrogens with one attached hydrogen (secondary N) is 2. The average Bonchev–Trinajstić information content (AvgIpc) is 2.12. The van der Waals surface area contributed by atoms with E-state index in [1.807, 2.05) is 5.32 Å². The van der Waals surface area contributed by atoms with Crippen molar-refractivity contribution in [1.82, 2.24) is 10.6 Å². The summed E-state index contributed by atoms with van der Waals surface area (Å²) in [6.45, 7) is 0.503. The van der Waals surface area contributed by atoms with Crippen LogP contribution >= 0.6 is 0 Å². The summed E-state index contributed by atoms with van der Waals surface area (Å²) < 4.78 is 39.8. The molecule has 0 bridgehead atoms. The lowest BCUT2D eigenvalue weighted by Crippen LogP contribution is -2.40. The Kier molecular flexibility index (Phi) is 6.26. The number of rotatable bonds is 6. The van der Waals surface area contributed by atoms with Gasteiger partial charge in [-0.3, -0.25) is 4.79 Å². The van der Waals surface area contributed by atoms with Gasteiger partial charge in [-0.05, 0) is 6.92 Å². The number of amides is 1. The number of ether oxygens (including phenoxy) is 1. The molecule has 0 aromatic carbocycles. The van der Waals surface area contributed by atoms with E-state index in [4.69, 9.17) is 4.74 Å². The lowest BCUT2D eigenvalue weighted by Gasteiger charge is -2.11. The molecule has 1 atom stereocenters. The zero-order valence-electron chi connectivity index (χ0n) is 8.65. The number of alkyl halides is 3. The van der Waals surface area contributed by atoms with E-state index in [0.717, 1.165) is 0 Å². The monoisotopic (exact) mass is 228 g/mol. The molecule has 0 rings (SSSR count). The molecule has 0 spiro atoms. The fourth-order valence-corrected chi connectivity index (χ4v) is 0.721. The Hall–Kier alpha value is -0.820. The molecule has 1 amide bonds. The maximum Gasteiger partial charge on any atom is 0.401 e. The fraction of sp³-hybridized carbons (Fsp3) is 0.875. The van der Waals surface area contributed by atoms with Crippen LogP contribution in [0.2, 0.25) is 0 Å². The van der Waals surface area contributed by atoms with E-state index in [2.05, 4.69) is 5.32 Å². The Morgan fingerprint density at radius 2 is 2.07 bits per heavy atom. The molecule has 0 fully saturated rings. The lowest BCUT2D eigenvalue weighted by atomic mass is 10.4. The minimum atomic E-state index is -4.29. The van der Waals surface area contributed by atoms with Crippen molar-refractivity contribution in [2.45, 2.75) is 19.2 Å². The lowest BCUT2D eigenvalue weighted by molar-refractivity contribution is -0.128. The molecule has 7 heteroatoms. The summed E-state index contributed by atoms with van der Waals surface area (Å²) in [5.74, 6) is -0.483. The maximum absolute atomic E-state index is 11.7. The van der Waals surface area contributed by atoms with Crippen molar-refractivity contribution in [3.05, 3.63) is 0 Å². The molecule has 0 aliphatic rings. The number of hydrogen-bond donors (Lipinski definition) is 2. The van der Waals surface area contributed by atoms with Crippen LogP contribution in [0.5, 0.6) is 0 Å². The molecule has 0 aromatic rings. The summed E-state index contributed by atoms with van der Waals surface area (Å²) in [5.41, 5.74) is 0. The highest BCUT2D eigenvalue weighted by Crippen LogP contribution is 2.11. The Balaban J connectivity index is 3.50. The van der Waals surface area contributed by atoms with Gasteiger partial charge in [0.1, 0.15) is 0 Å². The van der Waals surface area contributed by atoms with Crippen molar-refractivity contribution < 1.29 is 22.7 Å². The molecule has 90 valence electrons. The standard InChI is InChI=1S/C8H15F3N2O2/c1-6(15-2)3-13-7(14)4-12-5-8(9,10)11/h6,12H,3-5H2,1-2H3,(H,13,14). The van der Waals surface area contributed by atoms with E-state index in [1.165, 1.54) is 7.11 Å². The van der Waals surface area contributed by atoms with Crippen LogP contribution in [0.1, 0.15) is 6.92 Å². The first-order valence-electron chi connectivity index (χ1n) is 4.42. The third-order valence-electron chi connectivity index (χ3n) is 1.60. The molecule has 0 aromatic heterocycles. The summed E-state index contributed by atoms with van der Waals surface area (Å²) in [4.78, 5) is 11.0. The van der Waals surface area contributed by atoms with Crippen LogP contribution in [0.15, 0.2) is 0 Å². The molecule has 0 saturated carbocycles. The van der Waals surface area contributed by atoms with Gasteiger partial charge in [0, 0.05) is 13.7 Å². The van der Waals surface area contributed by atoms with Crippen molar-refractivity contribution in [3.8, 4) is 0 Å². The van der Waals surface area contributed by atoms with Gasteiger partial charge in [-0.1, -0.05) is 0 Å². The largest absolute Gasteiger partial charge is 0.401 e. The number of hydrogen-bond acceptors (Lipinski definition) is 3. The molecular weight excluding hydrogens is 213 g/mol. The van der Waals surface area contributed by atoms with Gasteiger partial charge >= 0.3 is 6.18 Å². The highest BCUT2D eigenvalue weighted by molar-refractivity contribution is 5.77. The van der Waals surface area contributed by atoms with E-state index in [-0.39, 0.29) is 19.2 Å². The van der Waals surface area contributed by atoms with Gasteiger partial charge in [0.2, 0.25) is 5.91 Å². The maximum atomic E-state index is 11.7. The molecule has 0 aliphatic heterocycles. The van der Waals surface area contributed by atoms with Crippen molar-refractivity contribution in [3.63, 3.8) is 0 Å². The topological polar surface area (TPSA) is 50.4 Å². The molecule has 1 unspecified atom stereocenters. The van der Waals surface area contributed by atoms with Crippen LogP contribution < -0.4 is 10.6 Å². The van der Waals surface area contributed by atoms with Gasteiger partial charge < -0.3 is 15.4 Å². The number of methoxy groups -OCH3 is 1. The quantitative estimate of drug-likeness (QED) is 0.687. The zero-order chi connectivity index (χ0) is 11.9. The molecule has 0 saturated heterocycles. The molecule has 2 N–H and O–H groups in total. The SMILES string of the molecule is COC(C)CNC(=O)CNCC(F)(F)F. The van der Waals surface area contributed by atoms with Crippen LogP contribution in [0.4, 0.5) is 13.2 Å². The molecule has 0 aliphatic carbocycles. The fourth-order valence-electron chi connectivity index (χ4n) is 0.721.